The summed E-state index contributed by atoms with van der Waals surface area (Å²) in [5.41, 5.74) is 2.87. The topological polar surface area (TPSA) is 107 Å². The molecule has 0 aliphatic carbocycles. The molecule has 1 heterocycles. The molecule has 0 aliphatic rings. The molecule has 1 N–H and O–H groups in total. The number of aryl methyl sites for hydroxylation is 1. The number of carbonyl (C=O) groups is 1. The van der Waals surface area contributed by atoms with Crippen LogP contribution in [0.15, 0.2) is 76.7 Å². The Labute approximate surface area is 199 Å². The van der Waals surface area contributed by atoms with Crippen molar-refractivity contribution < 1.29 is 9.72 Å². The van der Waals surface area contributed by atoms with E-state index < -0.39 is 16.1 Å². The lowest BCUT2D eigenvalue weighted by Crippen LogP contribution is -2.27. The Hall–Kier alpha value is -3.98. The van der Waals surface area contributed by atoms with Crippen LogP contribution in [0.2, 0.25) is 0 Å². The zero-order valence-electron chi connectivity index (χ0n) is 18.8. The number of amides is 1. The van der Waals surface area contributed by atoms with Crippen LogP contribution in [0.1, 0.15) is 18.1 Å². The van der Waals surface area contributed by atoms with Crippen molar-refractivity contribution in [3.63, 3.8) is 0 Å². The van der Waals surface area contributed by atoms with Gasteiger partial charge in [-0.2, -0.15) is 0 Å². The number of hydrogen-bond acceptors (Lipinski definition) is 6. The van der Waals surface area contributed by atoms with E-state index in [4.69, 9.17) is 4.98 Å². The van der Waals surface area contributed by atoms with Gasteiger partial charge in [0.05, 0.1) is 26.8 Å². The molecular weight excluding hydrogens is 452 g/mol. The number of thioether (sulfide) groups is 1. The van der Waals surface area contributed by atoms with Gasteiger partial charge in [0.1, 0.15) is 5.69 Å². The first-order valence-electron chi connectivity index (χ1n) is 10.6. The predicted octanol–water partition coefficient (Wildman–Crippen LogP) is 5.03. The third-order valence-corrected chi connectivity index (χ3v) is 6.62. The largest absolute Gasteiger partial charge is 0.319 e. The van der Waals surface area contributed by atoms with Crippen LogP contribution in [0.4, 0.5) is 11.4 Å². The molecule has 8 nitrogen and oxygen atoms in total. The molecule has 34 heavy (non-hydrogen) atoms. The summed E-state index contributed by atoms with van der Waals surface area (Å²) in [7, 11) is 0. The summed E-state index contributed by atoms with van der Waals surface area (Å²) in [5, 5.41) is 14.1. The van der Waals surface area contributed by atoms with Gasteiger partial charge in [0.15, 0.2) is 5.16 Å². The Balaban J connectivity index is 1.76. The molecule has 0 bridgehead atoms. The van der Waals surface area contributed by atoms with E-state index in [1.165, 1.54) is 22.8 Å². The minimum Gasteiger partial charge on any atom is -0.319 e. The number of carbonyl (C=O) groups excluding carboxylic acids is 1. The minimum atomic E-state index is -0.691. The third-order valence-electron chi connectivity index (χ3n) is 5.57. The molecular formula is C25H22N4O4S. The molecule has 1 amide bonds. The van der Waals surface area contributed by atoms with E-state index >= 15 is 0 Å². The van der Waals surface area contributed by atoms with E-state index in [0.29, 0.717) is 21.7 Å². The van der Waals surface area contributed by atoms with Crippen molar-refractivity contribution in [3.05, 3.63) is 98.3 Å². The van der Waals surface area contributed by atoms with Gasteiger partial charge < -0.3 is 5.32 Å². The van der Waals surface area contributed by atoms with Crippen molar-refractivity contribution in [3.8, 4) is 5.69 Å². The number of fused-ring (bicyclic) bond motifs is 1. The number of nitrogens with zero attached hydrogens (tertiary/aromatic N) is 3. The molecule has 0 aliphatic heterocycles. The number of benzene rings is 3. The van der Waals surface area contributed by atoms with Gasteiger partial charge in [-0.25, -0.2) is 4.98 Å². The van der Waals surface area contributed by atoms with Gasteiger partial charge in [-0.05, 0) is 56.2 Å². The number of para-hydroxylation sites is 3. The van der Waals surface area contributed by atoms with E-state index in [1.807, 2.05) is 32.0 Å². The minimum absolute atomic E-state index is 0.114. The first-order chi connectivity index (χ1) is 16.3. The van der Waals surface area contributed by atoms with E-state index in [-0.39, 0.29) is 16.9 Å². The van der Waals surface area contributed by atoms with Crippen molar-refractivity contribution in [1.82, 2.24) is 9.55 Å². The average molecular weight is 475 g/mol. The summed E-state index contributed by atoms with van der Waals surface area (Å²) in [6, 6.07) is 18.7. The highest BCUT2D eigenvalue weighted by molar-refractivity contribution is 8.00. The van der Waals surface area contributed by atoms with Gasteiger partial charge in [0, 0.05) is 6.07 Å². The fraction of sp³-hybridized carbons (Fsp3) is 0.160. The Morgan fingerprint density at radius 1 is 1.06 bits per heavy atom. The molecule has 4 aromatic rings. The molecule has 3 aromatic carbocycles. The van der Waals surface area contributed by atoms with Crippen LogP contribution in [-0.2, 0) is 4.79 Å². The quantitative estimate of drug-likeness (QED) is 0.182. The Morgan fingerprint density at radius 3 is 2.53 bits per heavy atom. The van der Waals surface area contributed by atoms with Gasteiger partial charge in [-0.3, -0.25) is 24.3 Å². The molecule has 1 atom stereocenters. The molecule has 172 valence electrons. The number of rotatable bonds is 6. The second-order valence-electron chi connectivity index (χ2n) is 7.79. The van der Waals surface area contributed by atoms with Crippen molar-refractivity contribution in [1.29, 1.82) is 0 Å². The highest BCUT2D eigenvalue weighted by atomic mass is 32.2. The number of nitrogens with one attached hydrogen (secondary N) is 1. The van der Waals surface area contributed by atoms with Gasteiger partial charge in [0.2, 0.25) is 5.91 Å². The maximum atomic E-state index is 13.5. The summed E-state index contributed by atoms with van der Waals surface area (Å²) in [5.74, 6) is -0.436. The van der Waals surface area contributed by atoms with E-state index in [0.717, 1.165) is 22.9 Å². The lowest BCUT2D eigenvalue weighted by atomic mass is 10.1. The molecule has 0 spiro atoms. The summed E-state index contributed by atoms with van der Waals surface area (Å²) in [6.07, 6.45) is 0. The highest BCUT2D eigenvalue weighted by Gasteiger charge is 2.23. The Kier molecular flexibility index (Phi) is 6.47. The van der Waals surface area contributed by atoms with E-state index in [9.17, 15) is 19.7 Å². The number of nitro benzene ring substituents is 1. The van der Waals surface area contributed by atoms with Gasteiger partial charge in [-0.15, -0.1) is 0 Å². The lowest BCUT2D eigenvalue weighted by molar-refractivity contribution is -0.383. The molecule has 0 saturated heterocycles. The zero-order chi connectivity index (χ0) is 24.4. The zero-order valence-corrected chi connectivity index (χ0v) is 19.6. The van der Waals surface area contributed by atoms with Crippen LogP contribution in [0, 0.1) is 24.0 Å². The molecule has 1 aromatic heterocycles. The molecule has 4 rings (SSSR count). The van der Waals surface area contributed by atoms with Crippen molar-refractivity contribution in [2.24, 2.45) is 0 Å². The second kappa shape index (κ2) is 9.48. The SMILES string of the molecule is Cc1cccc(-n2c(SC(C)C(=O)Nc3ccccc3[N+](=O)[O-])nc3ccccc3c2=O)c1C. The average Bonchev–Trinajstić information content (AvgIpc) is 2.82. The van der Waals surface area contributed by atoms with Crippen LogP contribution in [0.5, 0.6) is 0 Å². The predicted molar refractivity (Wildman–Crippen MR) is 134 cm³/mol. The monoisotopic (exact) mass is 474 g/mol. The normalized spacial score (nSPS) is 11.9. The van der Waals surface area contributed by atoms with Crippen LogP contribution in [0.3, 0.4) is 0 Å². The summed E-state index contributed by atoms with van der Waals surface area (Å²) >= 11 is 1.12. The molecule has 1 unspecified atom stereocenters. The van der Waals surface area contributed by atoms with Crippen molar-refractivity contribution in [2.45, 2.75) is 31.2 Å². The number of nitro groups is 1. The third kappa shape index (κ3) is 4.42. The maximum Gasteiger partial charge on any atom is 0.292 e. The highest BCUT2D eigenvalue weighted by Crippen LogP contribution is 2.29. The van der Waals surface area contributed by atoms with Crippen molar-refractivity contribution >= 4 is 39.9 Å². The summed E-state index contributed by atoms with van der Waals surface area (Å²) < 4.78 is 1.53. The van der Waals surface area contributed by atoms with Crippen molar-refractivity contribution in [2.75, 3.05) is 5.32 Å². The van der Waals surface area contributed by atoms with Crippen LogP contribution in [0.25, 0.3) is 16.6 Å². The molecule has 0 fully saturated rings. The maximum absolute atomic E-state index is 13.5. The van der Waals surface area contributed by atoms with Gasteiger partial charge in [0.25, 0.3) is 11.2 Å². The standard InChI is InChI=1S/C25H22N4O4S/c1-15-9-8-14-21(16(15)2)28-24(31)18-10-4-5-11-19(18)27-25(28)34-17(3)23(30)26-20-12-6-7-13-22(20)29(32)33/h4-14,17H,1-3H3,(H,26,30). The Bertz CT molecular complexity index is 1480. The Morgan fingerprint density at radius 2 is 1.76 bits per heavy atom. The first-order valence-corrected chi connectivity index (χ1v) is 11.4. The number of aromatic nitrogens is 2. The number of hydrogen-bond donors (Lipinski definition) is 1. The van der Waals surface area contributed by atoms with Crippen LogP contribution in [-0.4, -0.2) is 25.6 Å². The first kappa shape index (κ1) is 23.2. The lowest BCUT2D eigenvalue weighted by Gasteiger charge is -2.18. The fourth-order valence-corrected chi connectivity index (χ4v) is 4.49. The number of anilines is 1. The summed E-state index contributed by atoms with van der Waals surface area (Å²) in [4.78, 5) is 41.9. The van der Waals surface area contributed by atoms with Crippen LogP contribution >= 0.6 is 11.8 Å². The van der Waals surface area contributed by atoms with E-state index in [2.05, 4.69) is 5.32 Å². The molecule has 0 radical (unpaired) electrons. The second-order valence-corrected chi connectivity index (χ2v) is 9.10. The fourth-order valence-electron chi connectivity index (χ4n) is 3.57. The summed E-state index contributed by atoms with van der Waals surface area (Å²) in [6.45, 7) is 5.57. The smallest absolute Gasteiger partial charge is 0.292 e. The van der Waals surface area contributed by atoms with E-state index in [1.54, 1.807) is 37.3 Å². The van der Waals surface area contributed by atoms with Gasteiger partial charge in [-0.1, -0.05) is 48.2 Å². The van der Waals surface area contributed by atoms with Gasteiger partial charge >= 0.3 is 0 Å². The van der Waals surface area contributed by atoms with Crippen LogP contribution < -0.4 is 10.9 Å². The molecule has 9 heteroatoms. The molecule has 0 saturated carbocycles.